The van der Waals surface area contributed by atoms with Crippen LogP contribution < -0.4 is 21.4 Å². The van der Waals surface area contributed by atoms with Gasteiger partial charge in [0.15, 0.2) is 11.6 Å². The first-order chi connectivity index (χ1) is 30.0. The lowest BCUT2D eigenvalue weighted by Crippen LogP contribution is -2.61. The second-order valence-corrected chi connectivity index (χ2v) is 16.1. The number of allylic oxidation sites excluding steroid dienone is 5. The molecule has 3 rings (SSSR count). The topological polar surface area (TPSA) is 196 Å². The molecule has 14 nitrogen and oxygen atoms in total. The highest BCUT2D eigenvalue weighted by Gasteiger charge is 2.35. The number of aromatic nitrogens is 1. The van der Waals surface area contributed by atoms with E-state index in [0.29, 0.717) is 36.9 Å². The van der Waals surface area contributed by atoms with Crippen LogP contribution in [0.4, 0.5) is 14.6 Å². The zero-order chi connectivity index (χ0) is 46.5. The monoisotopic (exact) mass is 876 g/mol. The Morgan fingerprint density at radius 3 is 2.38 bits per heavy atom. The number of Topliss-reactive ketones (excluding diaryl/α,β-unsaturated/α-hetero) is 1. The highest BCUT2D eigenvalue weighted by Crippen LogP contribution is 2.21. The summed E-state index contributed by atoms with van der Waals surface area (Å²) in [6.07, 6.45) is 13.9. The molecule has 2 heterocycles. The van der Waals surface area contributed by atoms with Crippen LogP contribution >= 0.6 is 0 Å². The molecule has 1 fully saturated rings. The van der Waals surface area contributed by atoms with Gasteiger partial charge in [0.1, 0.15) is 36.1 Å². The Hall–Kier alpha value is -5.71. The Bertz CT molecular complexity index is 1970. The number of amides is 3. The number of pyridine rings is 1. The molecule has 1 aromatic carbocycles. The number of carbonyl (C=O) groups excluding carboxylic acids is 6. The van der Waals surface area contributed by atoms with E-state index < -0.39 is 71.6 Å². The molecule has 1 aliphatic heterocycles. The molecule has 0 bridgehead atoms. The number of aliphatic hydroxyl groups is 1. The molecule has 63 heavy (non-hydrogen) atoms. The van der Waals surface area contributed by atoms with Gasteiger partial charge < -0.3 is 35.4 Å². The minimum atomic E-state index is -1.19. The predicted molar refractivity (Wildman–Crippen MR) is 235 cm³/mol. The van der Waals surface area contributed by atoms with Crippen molar-refractivity contribution in [1.82, 2.24) is 26.1 Å². The number of ketones is 1. The van der Waals surface area contributed by atoms with E-state index in [1.54, 1.807) is 62.7 Å². The van der Waals surface area contributed by atoms with E-state index in [1.165, 1.54) is 30.2 Å². The van der Waals surface area contributed by atoms with E-state index in [-0.39, 0.29) is 55.4 Å². The molecule has 1 saturated heterocycles. The molecule has 0 radical (unpaired) electrons. The molecule has 5 N–H and O–H groups in total. The molecular formula is C47H62F2N6O8. The van der Waals surface area contributed by atoms with Gasteiger partial charge in [0.2, 0.25) is 11.8 Å². The van der Waals surface area contributed by atoms with E-state index in [4.69, 9.17) is 4.74 Å². The van der Waals surface area contributed by atoms with Crippen LogP contribution in [0.5, 0.6) is 0 Å². The van der Waals surface area contributed by atoms with Crippen molar-refractivity contribution in [3.05, 3.63) is 108 Å². The zero-order valence-corrected chi connectivity index (χ0v) is 36.9. The lowest BCUT2D eigenvalue weighted by atomic mass is 9.87. The highest BCUT2D eigenvalue weighted by atomic mass is 19.2. The number of anilines is 1. The summed E-state index contributed by atoms with van der Waals surface area (Å²) in [5, 5.41) is 20.3. The van der Waals surface area contributed by atoms with Crippen molar-refractivity contribution in [2.75, 3.05) is 18.9 Å². The third-order valence-electron chi connectivity index (χ3n) is 10.6. The number of esters is 1. The molecule has 342 valence electrons. The maximum Gasteiger partial charge on any atom is 0.325 e. The van der Waals surface area contributed by atoms with Crippen molar-refractivity contribution in [2.24, 2.45) is 17.8 Å². The molecule has 0 spiro atoms. The number of carbonyl (C=O) groups is 6. The summed E-state index contributed by atoms with van der Waals surface area (Å²) in [5.74, 6) is -4.97. The Morgan fingerprint density at radius 2 is 1.75 bits per heavy atom. The van der Waals surface area contributed by atoms with Crippen molar-refractivity contribution < 1.29 is 47.4 Å². The van der Waals surface area contributed by atoms with E-state index in [2.05, 4.69) is 26.4 Å². The average Bonchev–Trinajstić information content (AvgIpc) is 3.25. The number of hydrogen-bond donors (Lipinski definition) is 5. The van der Waals surface area contributed by atoms with Crippen molar-refractivity contribution in [3.63, 3.8) is 0 Å². The van der Waals surface area contributed by atoms with Crippen LogP contribution in [0, 0.1) is 29.4 Å². The number of likely N-dealkylation sites (N-methyl/N-ethyl adjacent to an activating group) is 1. The summed E-state index contributed by atoms with van der Waals surface area (Å²) in [4.78, 5) is 80.7. The molecule has 6 unspecified atom stereocenters. The van der Waals surface area contributed by atoms with Gasteiger partial charge in [-0.25, -0.2) is 19.2 Å². The van der Waals surface area contributed by atoms with Gasteiger partial charge in [-0.05, 0) is 93.8 Å². The molecular weight excluding hydrogens is 815 g/mol. The van der Waals surface area contributed by atoms with Crippen molar-refractivity contribution in [1.29, 1.82) is 0 Å². The molecule has 0 aliphatic carbocycles. The van der Waals surface area contributed by atoms with Gasteiger partial charge in [-0.3, -0.25) is 24.2 Å². The van der Waals surface area contributed by atoms with Crippen LogP contribution in [0.1, 0.15) is 78.7 Å². The first kappa shape index (κ1) is 51.6. The van der Waals surface area contributed by atoms with Crippen LogP contribution in [0.2, 0.25) is 0 Å². The minimum Gasteiger partial charge on any atom is -0.456 e. The molecule has 7 atom stereocenters. The van der Waals surface area contributed by atoms with Crippen LogP contribution in [0.3, 0.4) is 0 Å². The van der Waals surface area contributed by atoms with Gasteiger partial charge in [-0.15, -0.1) is 0 Å². The maximum absolute atomic E-state index is 14.2. The second-order valence-electron chi connectivity index (χ2n) is 16.1. The van der Waals surface area contributed by atoms with Gasteiger partial charge >= 0.3 is 5.97 Å². The molecule has 16 heteroatoms. The van der Waals surface area contributed by atoms with Crippen LogP contribution in [-0.2, 0) is 39.9 Å². The molecule has 1 aromatic heterocycles. The lowest BCUT2D eigenvalue weighted by molar-refractivity contribution is -0.156. The number of nitrogens with one attached hydrogen (secondary N) is 4. The number of rotatable bonds is 24. The highest BCUT2D eigenvalue weighted by molar-refractivity contribution is 5.98. The first-order valence-corrected chi connectivity index (χ1v) is 21.2. The normalized spacial score (nSPS) is 17.6. The van der Waals surface area contributed by atoms with Crippen molar-refractivity contribution in [3.8, 4) is 0 Å². The fourth-order valence-corrected chi connectivity index (χ4v) is 6.89. The quantitative estimate of drug-likeness (QED) is 0.0400. The largest absolute Gasteiger partial charge is 0.456 e. The van der Waals surface area contributed by atoms with Crippen LogP contribution in [0.15, 0.2) is 90.7 Å². The van der Waals surface area contributed by atoms with Crippen LogP contribution in [-0.4, -0.2) is 94.8 Å². The second kappa shape index (κ2) is 26.7. The summed E-state index contributed by atoms with van der Waals surface area (Å²) in [6, 6.07) is 5.57. The van der Waals surface area contributed by atoms with E-state index in [9.17, 15) is 42.7 Å². The average molecular weight is 877 g/mol. The van der Waals surface area contributed by atoms with Gasteiger partial charge in [-0.1, -0.05) is 69.4 Å². The van der Waals surface area contributed by atoms with Gasteiger partial charge in [0.05, 0.1) is 12.1 Å². The standard InChI is InChI=1S/C47H62F2N6O8/c1-30(2)43(50-6)45(60)52-39(28-34-22-24-36(48)37(49)27-34)46(61)55-26-14-17-38(54-55)47(62)63-40(31(3)16-13-20-42(58)53-41-19-11-12-25-51-41)18-10-8-7-9-15-32(4)44(59)35(29-56)23-21-33(5)57/h7-13,16,19-20,22,24-25,27,29-30,32,35,38-40,43-44,50,54,59H,14-15,17-18,21,23,26,28H2,1-6H3,(H,52,60)(H,51,53,58)/b9-7+,10-8+,20-13+,31-16+/t32?,35?,38?,39?,40-,43?,44?/m0/s1. The number of aliphatic hydroxyl groups excluding tert-OH is 1. The Labute approximate surface area is 368 Å². The third kappa shape index (κ3) is 17.5. The van der Waals surface area contributed by atoms with Gasteiger partial charge in [0, 0.05) is 44.0 Å². The maximum atomic E-state index is 14.2. The SMILES string of the molecule is CNC(C(=O)NC(Cc1ccc(F)c(F)c1)C(=O)N1CCCC(C(=O)O[C@@H](C/C=C/C=C/CC(C)C(O)C(C=O)CCC(C)=O)/C(C)=C/C=C/C(=O)Nc2ccccn2)N1)C(C)C. The van der Waals surface area contributed by atoms with E-state index in [1.807, 2.05) is 26.8 Å². The van der Waals surface area contributed by atoms with Crippen molar-refractivity contribution >= 4 is 41.6 Å². The predicted octanol–water partition coefficient (Wildman–Crippen LogP) is 5.25. The number of ether oxygens (including phenoxy) is 1. The Balaban J connectivity index is 1.77. The first-order valence-electron chi connectivity index (χ1n) is 21.2. The number of benzene rings is 1. The summed E-state index contributed by atoms with van der Waals surface area (Å²) in [7, 11) is 1.62. The molecule has 2 aromatic rings. The lowest BCUT2D eigenvalue weighted by Gasteiger charge is -2.36. The number of hydrogen-bond acceptors (Lipinski definition) is 11. The van der Waals surface area contributed by atoms with Gasteiger partial charge in [0.25, 0.3) is 5.91 Å². The Kier molecular flexibility index (Phi) is 21.9. The third-order valence-corrected chi connectivity index (χ3v) is 10.6. The van der Waals surface area contributed by atoms with E-state index in [0.717, 1.165) is 12.1 Å². The summed E-state index contributed by atoms with van der Waals surface area (Å²) < 4.78 is 34.0. The van der Waals surface area contributed by atoms with Crippen molar-refractivity contribution in [2.45, 2.75) is 110 Å². The Morgan fingerprint density at radius 1 is 1.02 bits per heavy atom. The summed E-state index contributed by atoms with van der Waals surface area (Å²) in [6.45, 7) is 8.87. The summed E-state index contributed by atoms with van der Waals surface area (Å²) in [5.41, 5.74) is 3.84. The number of hydrazine groups is 1. The molecule has 1 aliphatic rings. The van der Waals surface area contributed by atoms with E-state index >= 15 is 0 Å². The number of aldehydes is 1. The molecule has 3 amide bonds. The fraction of sp³-hybridized carbons (Fsp3) is 0.468. The number of halogens is 2. The summed E-state index contributed by atoms with van der Waals surface area (Å²) >= 11 is 0. The molecule has 0 saturated carbocycles. The van der Waals surface area contributed by atoms with Gasteiger partial charge in [-0.2, -0.15) is 0 Å². The fourth-order valence-electron chi connectivity index (χ4n) is 6.89. The smallest absolute Gasteiger partial charge is 0.325 e. The van der Waals surface area contributed by atoms with Crippen LogP contribution in [0.25, 0.3) is 0 Å². The zero-order valence-electron chi connectivity index (χ0n) is 36.9. The number of nitrogens with zero attached hydrogens (tertiary/aromatic N) is 2. The minimum absolute atomic E-state index is 0.0507.